The Balaban J connectivity index is 1.82. The first kappa shape index (κ1) is 20.9. The molecule has 0 spiro atoms. The van der Waals surface area contributed by atoms with Gasteiger partial charge in [0.15, 0.2) is 0 Å². The topological polar surface area (TPSA) is 91.5 Å². The van der Waals surface area contributed by atoms with Gasteiger partial charge in [-0.2, -0.15) is 0 Å². The third-order valence-electron chi connectivity index (χ3n) is 5.75. The molecule has 3 N–H and O–H groups in total. The molecular weight excluding hydrogens is 396 g/mol. The maximum absolute atomic E-state index is 13.0. The van der Waals surface area contributed by atoms with Gasteiger partial charge in [0.2, 0.25) is 0 Å². The number of likely N-dealkylation sites (tertiary alicyclic amines) is 1. The fourth-order valence-corrected chi connectivity index (χ4v) is 4.22. The number of Topliss-reactive ketones (excluding diaryl/α,β-unsaturated/α-hetero) is 1. The minimum Gasteiger partial charge on any atom is -0.508 e. The van der Waals surface area contributed by atoms with E-state index in [-0.39, 0.29) is 23.2 Å². The molecular formula is C24H27N2O5+. The molecule has 2 aliphatic rings. The zero-order valence-electron chi connectivity index (χ0n) is 17.9. The van der Waals surface area contributed by atoms with Gasteiger partial charge >= 0.3 is 0 Å². The molecule has 2 aliphatic heterocycles. The van der Waals surface area contributed by atoms with Crippen LogP contribution in [-0.2, 0) is 16.0 Å². The first-order chi connectivity index (χ1) is 14.8. The molecule has 0 aliphatic carbocycles. The molecule has 162 valence electrons. The summed E-state index contributed by atoms with van der Waals surface area (Å²) in [6, 6.07) is 11.0. The molecule has 2 heterocycles. The minimum atomic E-state index is -0.769. The lowest BCUT2D eigenvalue weighted by Crippen LogP contribution is -3.06. The fraction of sp³-hybridized carbons (Fsp3) is 0.333. The molecule has 2 atom stereocenters. The van der Waals surface area contributed by atoms with Gasteiger partial charge in [-0.25, -0.2) is 0 Å². The number of ether oxygens (including phenoxy) is 1. The second-order valence-electron chi connectivity index (χ2n) is 8.50. The number of benzene rings is 2. The van der Waals surface area contributed by atoms with Crippen LogP contribution in [0.4, 0.5) is 0 Å². The number of quaternary nitrogens is 1. The molecule has 7 heteroatoms. The highest BCUT2D eigenvalue weighted by molar-refractivity contribution is 6.46. The molecule has 0 bridgehead atoms. The molecule has 0 unspecified atom stereocenters. The molecule has 0 saturated carbocycles. The SMILES string of the molecule is C[C@@H]1Cc2cc(C(O)=C3C(=O)C(=O)N(CC[NH+](C)C)[C@@H]3c3cccc(O)c3)ccc2O1. The fourth-order valence-electron chi connectivity index (χ4n) is 4.22. The summed E-state index contributed by atoms with van der Waals surface area (Å²) in [4.78, 5) is 28.5. The maximum atomic E-state index is 13.0. The molecule has 31 heavy (non-hydrogen) atoms. The Morgan fingerprint density at radius 3 is 2.68 bits per heavy atom. The molecule has 4 rings (SSSR count). The number of phenols is 1. The van der Waals surface area contributed by atoms with Gasteiger partial charge in [0.25, 0.3) is 11.7 Å². The number of carbonyl (C=O) groups is 2. The van der Waals surface area contributed by atoms with Crippen molar-refractivity contribution in [3.63, 3.8) is 0 Å². The number of hydrogen-bond donors (Lipinski definition) is 3. The smallest absolute Gasteiger partial charge is 0.295 e. The molecule has 2 aromatic rings. The van der Waals surface area contributed by atoms with Crippen LogP contribution in [0.5, 0.6) is 11.5 Å². The van der Waals surface area contributed by atoms with Gasteiger partial charge < -0.3 is 24.7 Å². The number of ketones is 1. The largest absolute Gasteiger partial charge is 0.508 e. The first-order valence-corrected chi connectivity index (χ1v) is 10.4. The van der Waals surface area contributed by atoms with E-state index in [1.54, 1.807) is 24.3 Å². The summed E-state index contributed by atoms with van der Waals surface area (Å²) in [5, 5.41) is 21.2. The number of likely N-dealkylation sites (N-methyl/N-ethyl adjacent to an activating group) is 1. The van der Waals surface area contributed by atoms with Crippen LogP contribution in [0.3, 0.4) is 0 Å². The van der Waals surface area contributed by atoms with Crippen LogP contribution in [0.2, 0.25) is 0 Å². The van der Waals surface area contributed by atoms with Crippen molar-refractivity contribution in [3.05, 3.63) is 64.7 Å². The first-order valence-electron chi connectivity index (χ1n) is 10.4. The molecule has 1 fully saturated rings. The quantitative estimate of drug-likeness (QED) is 0.383. The van der Waals surface area contributed by atoms with Crippen molar-refractivity contribution in [1.82, 2.24) is 4.90 Å². The van der Waals surface area contributed by atoms with Gasteiger partial charge in [-0.1, -0.05) is 12.1 Å². The third-order valence-corrected chi connectivity index (χ3v) is 5.75. The number of carbonyl (C=O) groups excluding carboxylic acids is 2. The van der Waals surface area contributed by atoms with Crippen molar-refractivity contribution in [3.8, 4) is 11.5 Å². The number of hydrogen-bond acceptors (Lipinski definition) is 5. The molecule has 0 radical (unpaired) electrons. The zero-order chi connectivity index (χ0) is 22.3. The Morgan fingerprint density at radius 2 is 1.97 bits per heavy atom. The second-order valence-corrected chi connectivity index (χ2v) is 8.50. The van der Waals surface area contributed by atoms with Crippen molar-refractivity contribution in [2.45, 2.75) is 25.5 Å². The average Bonchev–Trinajstić information content (AvgIpc) is 3.22. The Bertz CT molecular complexity index is 1080. The lowest BCUT2D eigenvalue weighted by molar-refractivity contribution is -0.857. The van der Waals surface area contributed by atoms with E-state index in [9.17, 15) is 19.8 Å². The Morgan fingerprint density at radius 1 is 1.19 bits per heavy atom. The minimum absolute atomic E-state index is 0.0324. The van der Waals surface area contributed by atoms with Gasteiger partial charge in [0, 0.05) is 12.0 Å². The van der Waals surface area contributed by atoms with Crippen LogP contribution in [0, 0.1) is 0 Å². The number of nitrogens with one attached hydrogen (secondary N) is 1. The summed E-state index contributed by atoms with van der Waals surface area (Å²) in [7, 11) is 3.93. The number of rotatable bonds is 5. The number of amides is 1. The standard InChI is InChI=1S/C24H26N2O5/c1-14-11-17-12-16(7-8-19(17)31-14)22(28)20-21(15-5-4-6-18(27)13-15)26(10-9-25(2)3)24(30)23(20)29/h4-8,12-14,21,27-28H,9-11H2,1-3H3/p+1/t14-,21-/m1/s1. The van der Waals surface area contributed by atoms with E-state index in [1.807, 2.05) is 27.1 Å². The summed E-state index contributed by atoms with van der Waals surface area (Å²) >= 11 is 0. The number of aromatic hydroxyl groups is 1. The average molecular weight is 423 g/mol. The third kappa shape index (κ3) is 3.88. The van der Waals surface area contributed by atoms with Crippen molar-refractivity contribution >= 4 is 17.4 Å². The molecule has 1 saturated heterocycles. The van der Waals surface area contributed by atoms with E-state index in [4.69, 9.17) is 4.74 Å². The normalized spacial score (nSPS) is 22.1. The van der Waals surface area contributed by atoms with Crippen LogP contribution >= 0.6 is 0 Å². The maximum Gasteiger partial charge on any atom is 0.295 e. The van der Waals surface area contributed by atoms with Crippen molar-refractivity contribution in [2.24, 2.45) is 0 Å². The van der Waals surface area contributed by atoms with Crippen LogP contribution < -0.4 is 9.64 Å². The molecule has 0 aromatic heterocycles. The highest BCUT2D eigenvalue weighted by Gasteiger charge is 2.46. The van der Waals surface area contributed by atoms with Crippen LogP contribution in [0.25, 0.3) is 5.76 Å². The van der Waals surface area contributed by atoms with Gasteiger partial charge in [-0.15, -0.1) is 0 Å². The molecule has 7 nitrogen and oxygen atoms in total. The highest BCUT2D eigenvalue weighted by atomic mass is 16.5. The van der Waals surface area contributed by atoms with Crippen molar-refractivity contribution in [2.75, 3.05) is 27.2 Å². The number of phenolic OH excluding ortho intramolecular Hbond substituents is 1. The predicted molar refractivity (Wildman–Crippen MR) is 115 cm³/mol. The number of aliphatic hydroxyl groups is 1. The monoisotopic (exact) mass is 423 g/mol. The van der Waals surface area contributed by atoms with Crippen molar-refractivity contribution in [1.29, 1.82) is 0 Å². The van der Waals surface area contributed by atoms with Crippen LogP contribution in [0.1, 0.15) is 29.7 Å². The van der Waals surface area contributed by atoms with Crippen LogP contribution in [0.15, 0.2) is 48.0 Å². The van der Waals surface area contributed by atoms with E-state index in [1.165, 1.54) is 17.0 Å². The Labute approximate surface area is 181 Å². The van der Waals surface area contributed by atoms with E-state index in [0.717, 1.165) is 16.2 Å². The lowest BCUT2D eigenvalue weighted by atomic mass is 9.94. The lowest BCUT2D eigenvalue weighted by Gasteiger charge is -2.25. The summed E-state index contributed by atoms with van der Waals surface area (Å²) in [5.74, 6) is -0.777. The summed E-state index contributed by atoms with van der Waals surface area (Å²) in [5.41, 5.74) is 2.04. The van der Waals surface area contributed by atoms with Crippen molar-refractivity contribution < 1.29 is 29.4 Å². The van der Waals surface area contributed by atoms with E-state index < -0.39 is 17.7 Å². The van der Waals surface area contributed by atoms with Gasteiger partial charge in [0.05, 0.1) is 38.8 Å². The van der Waals surface area contributed by atoms with Gasteiger partial charge in [-0.3, -0.25) is 9.59 Å². The van der Waals surface area contributed by atoms with Crippen LogP contribution in [-0.4, -0.2) is 60.1 Å². The molecule has 1 amide bonds. The molecule has 2 aromatic carbocycles. The summed E-state index contributed by atoms with van der Waals surface area (Å²) in [6.07, 6.45) is 0.769. The highest BCUT2D eigenvalue weighted by Crippen LogP contribution is 2.41. The summed E-state index contributed by atoms with van der Waals surface area (Å²) in [6.45, 7) is 2.95. The van der Waals surface area contributed by atoms with Gasteiger partial charge in [0.1, 0.15) is 23.4 Å². The number of nitrogens with zero attached hydrogens (tertiary/aromatic N) is 1. The number of aliphatic hydroxyl groups excluding tert-OH is 1. The summed E-state index contributed by atoms with van der Waals surface area (Å²) < 4.78 is 5.72. The number of fused-ring (bicyclic) bond motifs is 1. The Hall–Kier alpha value is -3.32. The van der Waals surface area contributed by atoms with Gasteiger partial charge in [-0.05, 0) is 48.4 Å². The second kappa shape index (κ2) is 8.07. The van der Waals surface area contributed by atoms with E-state index in [0.29, 0.717) is 30.6 Å². The van der Waals surface area contributed by atoms with E-state index >= 15 is 0 Å². The predicted octanol–water partition coefficient (Wildman–Crippen LogP) is 1.28. The zero-order valence-corrected chi connectivity index (χ0v) is 17.9. The van der Waals surface area contributed by atoms with E-state index in [2.05, 4.69) is 0 Å². The Kier molecular flexibility index (Phi) is 5.45.